The van der Waals surface area contributed by atoms with Crippen molar-refractivity contribution >= 4 is 12.0 Å². The third-order valence-electron chi connectivity index (χ3n) is 1.69. The van der Waals surface area contributed by atoms with E-state index in [1.54, 1.807) is 0 Å². The van der Waals surface area contributed by atoms with Crippen molar-refractivity contribution in [2.75, 3.05) is 0 Å². The van der Waals surface area contributed by atoms with Gasteiger partial charge in [-0.2, -0.15) is 0 Å². The summed E-state index contributed by atoms with van der Waals surface area (Å²) in [5, 5.41) is 0. The summed E-state index contributed by atoms with van der Waals surface area (Å²) in [6, 6.07) is 8.49. The fourth-order valence-corrected chi connectivity index (χ4v) is 1.20. The zero-order valence-corrected chi connectivity index (χ0v) is 7.66. The monoisotopic (exact) mass is 175 g/mol. The Morgan fingerprint density at radius 3 is 2.62 bits per heavy atom. The third-order valence-corrected chi connectivity index (χ3v) is 1.69. The fourth-order valence-electron chi connectivity index (χ4n) is 1.20. The molecule has 68 valence electrons. The number of carbonyl (C=O) groups excluding carboxylic acids is 1. The van der Waals surface area contributed by atoms with Crippen molar-refractivity contribution in [2.45, 2.75) is 13.3 Å². The number of primary amides is 1. The van der Waals surface area contributed by atoms with Gasteiger partial charge < -0.3 is 5.73 Å². The van der Waals surface area contributed by atoms with Gasteiger partial charge in [-0.25, -0.2) is 0 Å². The van der Waals surface area contributed by atoms with Gasteiger partial charge in [0.2, 0.25) is 5.91 Å². The average molecular weight is 175 g/mol. The van der Waals surface area contributed by atoms with Crippen LogP contribution in [-0.2, 0) is 11.2 Å². The first-order valence-electron chi connectivity index (χ1n) is 4.20. The fraction of sp³-hybridized carbons (Fsp3) is 0.182. The first kappa shape index (κ1) is 9.52. The zero-order valence-electron chi connectivity index (χ0n) is 7.66. The van der Waals surface area contributed by atoms with Crippen LogP contribution in [0.3, 0.4) is 0 Å². The van der Waals surface area contributed by atoms with E-state index < -0.39 is 0 Å². The van der Waals surface area contributed by atoms with E-state index in [4.69, 9.17) is 0 Å². The van der Waals surface area contributed by atoms with Crippen LogP contribution in [0, 0.1) is 0 Å². The van der Waals surface area contributed by atoms with Gasteiger partial charge in [-0.05, 0) is 17.5 Å². The predicted molar refractivity (Wildman–Crippen MR) is 54.0 cm³/mol. The molecule has 2 N–H and O–H groups in total. The Bertz CT molecular complexity index is 325. The Hall–Kier alpha value is -1.57. The molecule has 1 amide bonds. The summed E-state index contributed by atoms with van der Waals surface area (Å²) in [5.74, 6) is -0.333. The third kappa shape index (κ3) is 3.11. The second-order valence-electron chi connectivity index (χ2n) is 2.92. The highest BCUT2D eigenvalue weighted by atomic mass is 16.1. The quantitative estimate of drug-likeness (QED) is 0.641. The number of nitrogens with two attached hydrogens (primary N) is 1. The van der Waals surface area contributed by atoms with Gasteiger partial charge in [-0.3, -0.25) is 4.79 Å². The van der Waals surface area contributed by atoms with Crippen molar-refractivity contribution < 1.29 is 4.79 Å². The number of hydrogen-bond acceptors (Lipinski definition) is 1. The van der Waals surface area contributed by atoms with E-state index in [2.05, 4.69) is 42.2 Å². The molecule has 1 aromatic carbocycles. The molecule has 0 spiro atoms. The molecule has 1 aliphatic rings. The standard InChI is InChI=1S/C9H8.C2H5NO/c1-2-5-9-7-3-6-8(9)4-1;1-2(3)4/h1-6H,7H2;1H3,(H2,3,4). The van der Waals surface area contributed by atoms with Crippen LogP contribution in [0.25, 0.3) is 6.08 Å². The van der Waals surface area contributed by atoms with Gasteiger partial charge in [0, 0.05) is 6.92 Å². The SMILES string of the molecule is C1=Cc2ccccc2C1.CC(N)=O. The van der Waals surface area contributed by atoms with Crippen LogP contribution >= 0.6 is 0 Å². The van der Waals surface area contributed by atoms with E-state index in [1.807, 2.05) is 0 Å². The summed E-state index contributed by atoms with van der Waals surface area (Å²) in [6.07, 6.45) is 5.50. The second-order valence-corrected chi connectivity index (χ2v) is 2.92. The molecule has 0 atom stereocenters. The summed E-state index contributed by atoms with van der Waals surface area (Å²) < 4.78 is 0. The number of carbonyl (C=O) groups is 1. The molecule has 1 aromatic rings. The van der Waals surface area contributed by atoms with Gasteiger partial charge in [-0.15, -0.1) is 0 Å². The van der Waals surface area contributed by atoms with Gasteiger partial charge in [0.1, 0.15) is 0 Å². The highest BCUT2D eigenvalue weighted by Crippen LogP contribution is 2.17. The molecule has 0 saturated heterocycles. The molecular weight excluding hydrogens is 162 g/mol. The number of rotatable bonds is 0. The molecule has 0 radical (unpaired) electrons. The Kier molecular flexibility index (Phi) is 3.26. The van der Waals surface area contributed by atoms with Crippen LogP contribution in [0.4, 0.5) is 0 Å². The van der Waals surface area contributed by atoms with Crippen molar-refractivity contribution in [1.82, 2.24) is 0 Å². The molecular formula is C11H13NO. The summed E-state index contributed by atoms with van der Waals surface area (Å²) in [4.78, 5) is 9.22. The normalized spacial score (nSPS) is 11.5. The van der Waals surface area contributed by atoms with Gasteiger partial charge >= 0.3 is 0 Å². The highest BCUT2D eigenvalue weighted by Gasteiger charge is 2.00. The van der Waals surface area contributed by atoms with Crippen molar-refractivity contribution in [3.05, 3.63) is 41.5 Å². The minimum atomic E-state index is -0.333. The molecule has 0 unspecified atom stereocenters. The average Bonchev–Trinajstić information content (AvgIpc) is 2.49. The van der Waals surface area contributed by atoms with Gasteiger partial charge in [-0.1, -0.05) is 36.4 Å². The Labute approximate surface area is 78.1 Å². The molecule has 0 heterocycles. The maximum absolute atomic E-state index is 9.22. The molecule has 0 aromatic heterocycles. The smallest absolute Gasteiger partial charge is 0.214 e. The van der Waals surface area contributed by atoms with Gasteiger partial charge in [0.25, 0.3) is 0 Å². The number of benzene rings is 1. The molecule has 2 rings (SSSR count). The topological polar surface area (TPSA) is 43.1 Å². The zero-order chi connectivity index (χ0) is 9.68. The van der Waals surface area contributed by atoms with E-state index in [0.29, 0.717) is 0 Å². The Morgan fingerprint density at radius 1 is 1.38 bits per heavy atom. The minimum Gasteiger partial charge on any atom is -0.370 e. The maximum Gasteiger partial charge on any atom is 0.214 e. The lowest BCUT2D eigenvalue weighted by Crippen LogP contribution is -2.01. The van der Waals surface area contributed by atoms with E-state index in [1.165, 1.54) is 18.1 Å². The van der Waals surface area contributed by atoms with Crippen LogP contribution in [0.2, 0.25) is 0 Å². The van der Waals surface area contributed by atoms with Crippen molar-refractivity contribution in [2.24, 2.45) is 5.73 Å². The van der Waals surface area contributed by atoms with Crippen molar-refractivity contribution in [1.29, 1.82) is 0 Å². The van der Waals surface area contributed by atoms with Gasteiger partial charge in [0.05, 0.1) is 0 Å². The summed E-state index contributed by atoms with van der Waals surface area (Å²) in [7, 11) is 0. The predicted octanol–water partition coefficient (Wildman–Crippen LogP) is 1.75. The molecule has 0 saturated carbocycles. The van der Waals surface area contributed by atoms with Crippen LogP contribution in [-0.4, -0.2) is 5.91 Å². The molecule has 0 aliphatic heterocycles. The summed E-state index contributed by atoms with van der Waals surface area (Å²) in [5.41, 5.74) is 7.31. The first-order chi connectivity index (χ1) is 6.20. The number of amides is 1. The molecule has 13 heavy (non-hydrogen) atoms. The Balaban J connectivity index is 0.000000184. The maximum atomic E-state index is 9.22. The van der Waals surface area contributed by atoms with E-state index in [-0.39, 0.29) is 5.91 Å². The molecule has 2 nitrogen and oxygen atoms in total. The minimum absolute atomic E-state index is 0.333. The lowest BCUT2D eigenvalue weighted by atomic mass is 10.1. The second kappa shape index (κ2) is 4.45. The molecule has 0 bridgehead atoms. The van der Waals surface area contributed by atoms with Crippen LogP contribution in [0.15, 0.2) is 30.3 Å². The molecule has 0 fully saturated rings. The van der Waals surface area contributed by atoms with E-state index in [9.17, 15) is 4.79 Å². The van der Waals surface area contributed by atoms with E-state index in [0.717, 1.165) is 6.42 Å². The van der Waals surface area contributed by atoms with Crippen LogP contribution in [0.1, 0.15) is 18.1 Å². The number of fused-ring (bicyclic) bond motifs is 1. The van der Waals surface area contributed by atoms with Crippen LogP contribution in [0.5, 0.6) is 0 Å². The lowest BCUT2D eigenvalue weighted by molar-refractivity contribution is -0.115. The first-order valence-corrected chi connectivity index (χ1v) is 4.20. The molecule has 2 heteroatoms. The Morgan fingerprint density at radius 2 is 2.00 bits per heavy atom. The summed E-state index contributed by atoms with van der Waals surface area (Å²) >= 11 is 0. The van der Waals surface area contributed by atoms with Crippen molar-refractivity contribution in [3.63, 3.8) is 0 Å². The highest BCUT2D eigenvalue weighted by molar-refractivity contribution is 5.70. The van der Waals surface area contributed by atoms with Crippen LogP contribution < -0.4 is 5.73 Å². The molecule has 1 aliphatic carbocycles. The van der Waals surface area contributed by atoms with Gasteiger partial charge in [0.15, 0.2) is 0 Å². The lowest BCUT2D eigenvalue weighted by Gasteiger charge is -1.93. The van der Waals surface area contributed by atoms with E-state index >= 15 is 0 Å². The largest absolute Gasteiger partial charge is 0.370 e. The van der Waals surface area contributed by atoms with Crippen molar-refractivity contribution in [3.8, 4) is 0 Å². The number of hydrogen-bond donors (Lipinski definition) is 1. The summed E-state index contributed by atoms with van der Waals surface area (Å²) in [6.45, 7) is 1.31. The number of allylic oxidation sites excluding steroid dienone is 1.